The van der Waals surface area contributed by atoms with Gasteiger partial charge in [-0.25, -0.2) is 4.79 Å². The average Bonchev–Trinajstić information content (AvgIpc) is 3.27. The Morgan fingerprint density at radius 1 is 1.03 bits per heavy atom. The van der Waals surface area contributed by atoms with Crippen molar-refractivity contribution in [3.63, 3.8) is 0 Å². The molecule has 1 fully saturated rings. The standard InChI is InChI=1S/C23H24N4O3/c1-3-7-16-10-12-18(13-11-16)23(2)21(28)27(22(29)25-23)15-20-24-19(26-30-20)14-17-8-5-4-6-9-17/h4-6,8-13H,3,7,14-15H2,1-2H3,(H,25,29). The molecule has 1 aliphatic rings. The van der Waals surface area contributed by atoms with E-state index in [0.29, 0.717) is 12.2 Å². The molecule has 1 aliphatic heterocycles. The van der Waals surface area contributed by atoms with Gasteiger partial charge in [0.1, 0.15) is 12.1 Å². The van der Waals surface area contributed by atoms with Gasteiger partial charge in [0, 0.05) is 6.42 Å². The molecular formula is C23H24N4O3. The summed E-state index contributed by atoms with van der Waals surface area (Å²) in [6.07, 6.45) is 2.55. The molecule has 1 atom stereocenters. The van der Waals surface area contributed by atoms with E-state index >= 15 is 0 Å². The number of nitrogens with zero attached hydrogens (tertiary/aromatic N) is 3. The minimum atomic E-state index is -1.12. The first kappa shape index (κ1) is 19.8. The maximum Gasteiger partial charge on any atom is 0.325 e. The lowest BCUT2D eigenvalue weighted by Crippen LogP contribution is -2.40. The molecule has 3 aromatic rings. The molecule has 30 heavy (non-hydrogen) atoms. The maximum absolute atomic E-state index is 13.1. The van der Waals surface area contributed by atoms with Crippen LogP contribution in [0.5, 0.6) is 0 Å². The molecule has 154 valence electrons. The Morgan fingerprint density at radius 2 is 1.77 bits per heavy atom. The van der Waals surface area contributed by atoms with Gasteiger partial charge < -0.3 is 9.84 Å². The zero-order chi connectivity index (χ0) is 21.1. The number of benzene rings is 2. The first-order valence-corrected chi connectivity index (χ1v) is 10.1. The van der Waals surface area contributed by atoms with Gasteiger partial charge in [0.15, 0.2) is 5.82 Å². The summed E-state index contributed by atoms with van der Waals surface area (Å²) in [4.78, 5) is 31.1. The molecule has 0 aliphatic carbocycles. The van der Waals surface area contributed by atoms with Crippen LogP contribution in [0.2, 0.25) is 0 Å². The number of amides is 3. The summed E-state index contributed by atoms with van der Waals surface area (Å²) < 4.78 is 5.28. The second-order valence-electron chi connectivity index (χ2n) is 7.66. The Labute approximate surface area is 175 Å². The summed E-state index contributed by atoms with van der Waals surface area (Å²) in [5.74, 6) is 0.406. The molecule has 1 unspecified atom stereocenters. The summed E-state index contributed by atoms with van der Waals surface area (Å²) in [6, 6.07) is 17.1. The van der Waals surface area contributed by atoms with Crippen molar-refractivity contribution in [3.8, 4) is 0 Å². The van der Waals surface area contributed by atoms with Gasteiger partial charge in [0.2, 0.25) is 5.89 Å². The van der Waals surface area contributed by atoms with E-state index in [1.54, 1.807) is 6.92 Å². The summed E-state index contributed by atoms with van der Waals surface area (Å²) in [6.45, 7) is 3.78. The fraction of sp³-hybridized carbons (Fsp3) is 0.304. The van der Waals surface area contributed by atoms with E-state index in [9.17, 15) is 9.59 Å². The Kier molecular flexibility index (Phi) is 5.35. The van der Waals surface area contributed by atoms with Gasteiger partial charge in [-0.05, 0) is 30.0 Å². The number of rotatable bonds is 7. The van der Waals surface area contributed by atoms with E-state index in [2.05, 4.69) is 22.4 Å². The van der Waals surface area contributed by atoms with E-state index in [-0.39, 0.29) is 18.3 Å². The average molecular weight is 404 g/mol. The Morgan fingerprint density at radius 3 is 2.47 bits per heavy atom. The van der Waals surface area contributed by atoms with E-state index in [1.165, 1.54) is 5.56 Å². The molecule has 1 saturated heterocycles. The van der Waals surface area contributed by atoms with Gasteiger partial charge in [-0.1, -0.05) is 73.1 Å². The van der Waals surface area contributed by atoms with Gasteiger partial charge in [-0.2, -0.15) is 4.98 Å². The van der Waals surface area contributed by atoms with Crippen LogP contribution in [0.15, 0.2) is 59.1 Å². The van der Waals surface area contributed by atoms with Crippen molar-refractivity contribution >= 4 is 11.9 Å². The van der Waals surface area contributed by atoms with Gasteiger partial charge in [0.05, 0.1) is 0 Å². The normalized spacial score (nSPS) is 18.7. The Bertz CT molecular complexity index is 1050. The SMILES string of the molecule is CCCc1ccc(C2(C)NC(=O)N(Cc3nc(Cc4ccccc4)no3)C2=O)cc1. The summed E-state index contributed by atoms with van der Waals surface area (Å²) in [5.41, 5.74) is 1.89. The smallest absolute Gasteiger partial charge is 0.325 e. The number of carbonyl (C=O) groups excluding carboxylic acids is 2. The van der Waals surface area contributed by atoms with Gasteiger partial charge >= 0.3 is 6.03 Å². The first-order valence-electron chi connectivity index (χ1n) is 10.1. The third kappa shape index (κ3) is 3.83. The number of carbonyl (C=O) groups is 2. The number of imide groups is 1. The maximum atomic E-state index is 13.1. The van der Waals surface area contributed by atoms with Crippen molar-refractivity contribution in [2.24, 2.45) is 0 Å². The largest absolute Gasteiger partial charge is 0.337 e. The monoisotopic (exact) mass is 404 g/mol. The summed E-state index contributed by atoms with van der Waals surface area (Å²) in [5, 5.41) is 6.78. The van der Waals surface area contributed by atoms with E-state index in [1.807, 2.05) is 54.6 Å². The number of aryl methyl sites for hydroxylation is 1. The number of hydrogen-bond donors (Lipinski definition) is 1. The zero-order valence-corrected chi connectivity index (χ0v) is 17.1. The van der Waals surface area contributed by atoms with Crippen LogP contribution in [0, 0.1) is 0 Å². The van der Waals surface area contributed by atoms with Crippen LogP contribution in [0.3, 0.4) is 0 Å². The fourth-order valence-electron chi connectivity index (χ4n) is 3.67. The molecule has 4 rings (SSSR count). The summed E-state index contributed by atoms with van der Waals surface area (Å²) >= 11 is 0. The van der Waals surface area contributed by atoms with E-state index in [4.69, 9.17) is 4.52 Å². The highest BCUT2D eigenvalue weighted by Crippen LogP contribution is 2.30. The predicted molar refractivity (Wildman–Crippen MR) is 110 cm³/mol. The highest BCUT2D eigenvalue weighted by Gasteiger charge is 2.49. The van der Waals surface area contributed by atoms with Crippen molar-refractivity contribution in [2.75, 3.05) is 0 Å². The Balaban J connectivity index is 1.48. The highest BCUT2D eigenvalue weighted by atomic mass is 16.5. The molecule has 3 amide bonds. The number of aromatic nitrogens is 2. The second kappa shape index (κ2) is 8.10. The molecule has 1 aromatic heterocycles. The minimum Gasteiger partial charge on any atom is -0.337 e. The molecule has 2 aromatic carbocycles. The fourth-order valence-corrected chi connectivity index (χ4v) is 3.67. The van der Waals surface area contributed by atoms with Crippen LogP contribution < -0.4 is 5.32 Å². The quantitative estimate of drug-likeness (QED) is 0.608. The van der Waals surface area contributed by atoms with Gasteiger partial charge in [-0.3, -0.25) is 9.69 Å². The highest BCUT2D eigenvalue weighted by molar-refractivity contribution is 6.07. The third-order valence-corrected chi connectivity index (χ3v) is 5.35. The van der Waals surface area contributed by atoms with E-state index in [0.717, 1.165) is 28.9 Å². The van der Waals surface area contributed by atoms with Crippen LogP contribution >= 0.6 is 0 Å². The molecule has 1 N–H and O–H groups in total. The van der Waals surface area contributed by atoms with Crippen LogP contribution in [0.4, 0.5) is 4.79 Å². The lowest BCUT2D eigenvalue weighted by atomic mass is 9.91. The molecule has 0 radical (unpaired) electrons. The van der Waals surface area contributed by atoms with Crippen LogP contribution in [-0.2, 0) is 29.7 Å². The Hall–Kier alpha value is -3.48. The van der Waals surface area contributed by atoms with Crippen molar-refractivity contribution < 1.29 is 14.1 Å². The lowest BCUT2D eigenvalue weighted by Gasteiger charge is -2.22. The molecule has 0 spiro atoms. The molecule has 2 heterocycles. The first-order chi connectivity index (χ1) is 14.5. The van der Waals surface area contributed by atoms with Crippen LogP contribution in [0.25, 0.3) is 0 Å². The van der Waals surface area contributed by atoms with E-state index < -0.39 is 11.6 Å². The van der Waals surface area contributed by atoms with Crippen molar-refractivity contribution in [2.45, 2.75) is 45.2 Å². The summed E-state index contributed by atoms with van der Waals surface area (Å²) in [7, 11) is 0. The number of urea groups is 1. The topological polar surface area (TPSA) is 88.3 Å². The number of nitrogens with one attached hydrogen (secondary N) is 1. The van der Waals surface area contributed by atoms with Crippen molar-refractivity contribution in [3.05, 3.63) is 83.0 Å². The second-order valence-corrected chi connectivity index (χ2v) is 7.66. The van der Waals surface area contributed by atoms with Crippen LogP contribution in [-0.4, -0.2) is 27.0 Å². The van der Waals surface area contributed by atoms with Gasteiger partial charge in [-0.15, -0.1) is 0 Å². The zero-order valence-electron chi connectivity index (χ0n) is 17.1. The third-order valence-electron chi connectivity index (χ3n) is 5.35. The predicted octanol–water partition coefficient (Wildman–Crippen LogP) is 3.58. The molecule has 0 saturated carbocycles. The van der Waals surface area contributed by atoms with Crippen molar-refractivity contribution in [1.29, 1.82) is 0 Å². The molecule has 0 bridgehead atoms. The molecular weight excluding hydrogens is 380 g/mol. The number of hydrogen-bond acceptors (Lipinski definition) is 5. The lowest BCUT2D eigenvalue weighted by molar-refractivity contribution is -0.131. The van der Waals surface area contributed by atoms with Crippen LogP contribution in [0.1, 0.15) is 48.7 Å². The molecule has 7 heteroatoms. The van der Waals surface area contributed by atoms with Gasteiger partial charge in [0.25, 0.3) is 5.91 Å². The minimum absolute atomic E-state index is 0.0596. The molecule has 7 nitrogen and oxygen atoms in total. The van der Waals surface area contributed by atoms with Crippen molar-refractivity contribution in [1.82, 2.24) is 20.4 Å².